The molecule has 5 heteroatoms. The minimum atomic E-state index is 0.0713. The molecule has 5 nitrogen and oxygen atoms in total. The van der Waals surface area contributed by atoms with Crippen LogP contribution in [0.3, 0.4) is 0 Å². The average molecular weight is 362 g/mol. The molecule has 0 saturated carbocycles. The van der Waals surface area contributed by atoms with E-state index in [-0.39, 0.29) is 6.04 Å². The summed E-state index contributed by atoms with van der Waals surface area (Å²) < 4.78 is 7.95. The standard InChI is InChI=1S/C22H26N4O/c1-27-20-10-6-5-9-19(20)21(25-14-11-23-12-15-25)22-24-13-16-26(22)17-18-7-3-2-4-8-18/h2-10,13,16,21,23H,11-12,14-15,17H2,1H3. The smallest absolute Gasteiger partial charge is 0.131 e. The molecule has 1 N–H and O–H groups in total. The predicted molar refractivity (Wildman–Crippen MR) is 107 cm³/mol. The van der Waals surface area contributed by atoms with Gasteiger partial charge in [-0.3, -0.25) is 4.90 Å². The minimum absolute atomic E-state index is 0.0713. The van der Waals surface area contributed by atoms with Gasteiger partial charge >= 0.3 is 0 Å². The van der Waals surface area contributed by atoms with E-state index < -0.39 is 0 Å². The van der Waals surface area contributed by atoms with Gasteiger partial charge in [0, 0.05) is 50.7 Å². The van der Waals surface area contributed by atoms with Gasteiger partial charge in [-0.15, -0.1) is 0 Å². The van der Waals surface area contributed by atoms with E-state index in [2.05, 4.69) is 63.4 Å². The molecule has 3 aromatic rings. The van der Waals surface area contributed by atoms with Crippen molar-refractivity contribution in [3.63, 3.8) is 0 Å². The number of methoxy groups -OCH3 is 1. The van der Waals surface area contributed by atoms with Gasteiger partial charge in [0.15, 0.2) is 0 Å². The van der Waals surface area contributed by atoms with E-state index in [0.29, 0.717) is 0 Å². The fraction of sp³-hybridized carbons (Fsp3) is 0.318. The molecule has 0 aliphatic carbocycles. The van der Waals surface area contributed by atoms with Crippen LogP contribution in [0.2, 0.25) is 0 Å². The van der Waals surface area contributed by atoms with E-state index in [1.54, 1.807) is 7.11 Å². The number of imidazole rings is 1. The monoisotopic (exact) mass is 362 g/mol. The predicted octanol–water partition coefficient (Wildman–Crippen LogP) is 2.93. The van der Waals surface area contributed by atoms with Crippen LogP contribution in [0.25, 0.3) is 0 Å². The lowest BCUT2D eigenvalue weighted by Crippen LogP contribution is -2.46. The van der Waals surface area contributed by atoms with Gasteiger partial charge in [0.1, 0.15) is 11.6 Å². The molecule has 27 heavy (non-hydrogen) atoms. The van der Waals surface area contributed by atoms with E-state index in [1.807, 2.05) is 18.3 Å². The molecule has 1 fully saturated rings. The van der Waals surface area contributed by atoms with Crippen LogP contribution < -0.4 is 10.1 Å². The molecule has 1 saturated heterocycles. The van der Waals surface area contributed by atoms with E-state index in [0.717, 1.165) is 44.3 Å². The van der Waals surface area contributed by atoms with Gasteiger partial charge in [0.25, 0.3) is 0 Å². The second-order valence-electron chi connectivity index (χ2n) is 6.83. The molecule has 1 atom stereocenters. The Morgan fingerprint density at radius 1 is 1.04 bits per heavy atom. The van der Waals surface area contributed by atoms with Crippen LogP contribution in [0.4, 0.5) is 0 Å². The summed E-state index contributed by atoms with van der Waals surface area (Å²) in [7, 11) is 1.74. The van der Waals surface area contributed by atoms with E-state index >= 15 is 0 Å². The number of benzene rings is 2. The van der Waals surface area contributed by atoms with Crippen molar-refractivity contribution >= 4 is 0 Å². The Balaban J connectivity index is 1.74. The summed E-state index contributed by atoms with van der Waals surface area (Å²) in [6, 6.07) is 18.9. The first-order chi connectivity index (χ1) is 13.4. The zero-order valence-corrected chi connectivity index (χ0v) is 15.7. The molecule has 2 heterocycles. The normalized spacial score (nSPS) is 16.2. The molecule has 1 aromatic heterocycles. The minimum Gasteiger partial charge on any atom is -0.496 e. The first-order valence-electron chi connectivity index (χ1n) is 9.49. The van der Waals surface area contributed by atoms with Gasteiger partial charge in [-0.25, -0.2) is 4.98 Å². The maximum Gasteiger partial charge on any atom is 0.131 e. The molecule has 1 unspecified atom stereocenters. The molecule has 0 radical (unpaired) electrons. The quantitative estimate of drug-likeness (QED) is 0.732. The number of hydrogen-bond acceptors (Lipinski definition) is 4. The number of piperazine rings is 1. The number of rotatable bonds is 6. The third kappa shape index (κ3) is 3.89. The van der Waals surface area contributed by atoms with Gasteiger partial charge in [0.05, 0.1) is 13.2 Å². The summed E-state index contributed by atoms with van der Waals surface area (Å²) in [4.78, 5) is 7.28. The molecule has 140 valence electrons. The van der Waals surface area contributed by atoms with Crippen molar-refractivity contribution in [3.8, 4) is 5.75 Å². The number of nitrogens with zero attached hydrogens (tertiary/aromatic N) is 3. The van der Waals surface area contributed by atoms with Crippen LogP contribution in [-0.2, 0) is 6.54 Å². The lowest BCUT2D eigenvalue weighted by molar-refractivity contribution is 0.186. The van der Waals surface area contributed by atoms with E-state index in [4.69, 9.17) is 9.72 Å². The number of nitrogens with one attached hydrogen (secondary N) is 1. The Bertz CT molecular complexity index is 856. The Hall–Kier alpha value is -2.63. The SMILES string of the molecule is COc1ccccc1C(c1nccn1Cc1ccccc1)N1CCNCC1. The zero-order chi connectivity index (χ0) is 18.5. The van der Waals surface area contributed by atoms with Crippen LogP contribution in [0.15, 0.2) is 67.0 Å². The largest absolute Gasteiger partial charge is 0.496 e. The highest BCUT2D eigenvalue weighted by Gasteiger charge is 2.29. The summed E-state index contributed by atoms with van der Waals surface area (Å²) >= 11 is 0. The fourth-order valence-corrected chi connectivity index (χ4v) is 3.81. The molecular weight excluding hydrogens is 336 g/mol. The molecule has 4 rings (SSSR count). The molecule has 1 aliphatic heterocycles. The summed E-state index contributed by atoms with van der Waals surface area (Å²) in [5.41, 5.74) is 2.44. The molecule has 0 bridgehead atoms. The van der Waals surface area contributed by atoms with Crippen molar-refractivity contribution in [2.45, 2.75) is 12.6 Å². The summed E-state index contributed by atoms with van der Waals surface area (Å²) in [6.07, 6.45) is 3.98. The second-order valence-corrected chi connectivity index (χ2v) is 6.83. The second kappa shape index (κ2) is 8.37. The highest BCUT2D eigenvalue weighted by atomic mass is 16.5. The summed E-state index contributed by atoms with van der Waals surface area (Å²) in [6.45, 7) is 4.77. The van der Waals surface area contributed by atoms with Crippen LogP contribution in [0, 0.1) is 0 Å². The zero-order valence-electron chi connectivity index (χ0n) is 15.7. The lowest BCUT2D eigenvalue weighted by atomic mass is 10.0. The Morgan fingerprint density at radius 2 is 1.78 bits per heavy atom. The fourth-order valence-electron chi connectivity index (χ4n) is 3.81. The van der Waals surface area contributed by atoms with Gasteiger partial charge < -0.3 is 14.6 Å². The van der Waals surface area contributed by atoms with Crippen LogP contribution >= 0.6 is 0 Å². The van der Waals surface area contributed by atoms with Gasteiger partial charge in [-0.1, -0.05) is 48.5 Å². The first kappa shape index (κ1) is 17.8. The molecule has 0 spiro atoms. The number of hydrogen-bond donors (Lipinski definition) is 1. The Kier molecular flexibility index (Phi) is 5.51. The van der Waals surface area contributed by atoms with Gasteiger partial charge in [-0.05, 0) is 11.6 Å². The Labute approximate surface area is 160 Å². The van der Waals surface area contributed by atoms with Gasteiger partial charge in [0.2, 0.25) is 0 Å². The van der Waals surface area contributed by atoms with Crippen molar-refractivity contribution in [1.82, 2.24) is 19.8 Å². The maximum atomic E-state index is 5.69. The highest BCUT2D eigenvalue weighted by Crippen LogP contribution is 2.34. The number of ether oxygens (including phenoxy) is 1. The van der Waals surface area contributed by atoms with Crippen molar-refractivity contribution in [1.29, 1.82) is 0 Å². The van der Waals surface area contributed by atoms with Crippen molar-refractivity contribution in [3.05, 3.63) is 83.9 Å². The molecule has 2 aromatic carbocycles. The molecular formula is C22H26N4O. The first-order valence-corrected chi connectivity index (χ1v) is 9.49. The van der Waals surface area contributed by atoms with Gasteiger partial charge in [-0.2, -0.15) is 0 Å². The molecule has 0 amide bonds. The summed E-state index contributed by atoms with van der Waals surface area (Å²) in [5, 5.41) is 3.45. The maximum absolute atomic E-state index is 5.69. The number of aromatic nitrogens is 2. The van der Waals surface area contributed by atoms with E-state index in [9.17, 15) is 0 Å². The van der Waals surface area contributed by atoms with E-state index in [1.165, 1.54) is 11.1 Å². The average Bonchev–Trinajstić information content (AvgIpc) is 3.18. The van der Waals surface area contributed by atoms with Crippen molar-refractivity contribution in [2.75, 3.05) is 33.3 Å². The van der Waals surface area contributed by atoms with Crippen molar-refractivity contribution in [2.24, 2.45) is 0 Å². The third-order valence-electron chi connectivity index (χ3n) is 5.14. The Morgan fingerprint density at radius 3 is 2.56 bits per heavy atom. The highest BCUT2D eigenvalue weighted by molar-refractivity contribution is 5.39. The third-order valence-corrected chi connectivity index (χ3v) is 5.14. The van der Waals surface area contributed by atoms with Crippen LogP contribution in [0.1, 0.15) is 23.0 Å². The molecule has 1 aliphatic rings. The number of para-hydroxylation sites is 1. The summed E-state index contributed by atoms with van der Waals surface area (Å²) in [5.74, 6) is 1.97. The van der Waals surface area contributed by atoms with Crippen LogP contribution in [-0.4, -0.2) is 47.7 Å². The van der Waals surface area contributed by atoms with Crippen LogP contribution in [0.5, 0.6) is 5.75 Å². The topological polar surface area (TPSA) is 42.3 Å². The van der Waals surface area contributed by atoms with Crippen molar-refractivity contribution < 1.29 is 4.74 Å². The lowest BCUT2D eigenvalue weighted by Gasteiger charge is -2.35.